The fourth-order valence-electron chi connectivity index (χ4n) is 1.85. The minimum absolute atomic E-state index is 0.209. The molecular weight excluding hydrogens is 242 g/mol. The summed E-state index contributed by atoms with van der Waals surface area (Å²) in [6.45, 7) is 6.02. The van der Waals surface area contributed by atoms with E-state index in [9.17, 15) is 4.79 Å². The molecule has 0 fully saturated rings. The van der Waals surface area contributed by atoms with Crippen LogP contribution in [-0.2, 0) is 11.2 Å². The summed E-state index contributed by atoms with van der Waals surface area (Å²) in [6, 6.07) is 7.82. The number of benzene rings is 1. The Morgan fingerprint density at radius 1 is 1.37 bits per heavy atom. The average Bonchev–Trinajstić information content (AvgIpc) is 2.83. The second-order valence-corrected chi connectivity index (χ2v) is 4.24. The van der Waals surface area contributed by atoms with Crippen LogP contribution in [0.4, 0.5) is 0 Å². The number of hydrogen-bond acceptors (Lipinski definition) is 4. The molecule has 0 aliphatic heterocycles. The third-order valence-corrected chi connectivity index (χ3v) is 2.76. The highest BCUT2D eigenvalue weighted by Gasteiger charge is 2.20. The second kappa shape index (κ2) is 5.69. The Hall–Kier alpha value is -2.10. The Morgan fingerprint density at radius 3 is 2.79 bits per heavy atom. The van der Waals surface area contributed by atoms with E-state index in [4.69, 9.17) is 9.15 Å². The zero-order chi connectivity index (χ0) is 13.8. The summed E-state index contributed by atoms with van der Waals surface area (Å²) in [5, 5.41) is 0. The van der Waals surface area contributed by atoms with E-state index in [-0.39, 0.29) is 5.76 Å². The number of oxazole rings is 1. The molecule has 1 heterocycles. The van der Waals surface area contributed by atoms with Crippen molar-refractivity contribution < 1.29 is 13.9 Å². The Bertz CT molecular complexity index is 587. The average molecular weight is 259 g/mol. The normalized spacial score (nSPS) is 10.5. The fourth-order valence-corrected chi connectivity index (χ4v) is 1.85. The first-order valence-electron chi connectivity index (χ1n) is 6.39. The summed E-state index contributed by atoms with van der Waals surface area (Å²) < 4.78 is 10.5. The molecule has 0 aliphatic rings. The van der Waals surface area contributed by atoms with Crippen molar-refractivity contribution in [2.24, 2.45) is 0 Å². The van der Waals surface area contributed by atoms with Crippen molar-refractivity contribution in [3.63, 3.8) is 0 Å². The van der Waals surface area contributed by atoms with Crippen LogP contribution in [0.3, 0.4) is 0 Å². The number of esters is 1. The summed E-state index contributed by atoms with van der Waals surface area (Å²) in [5.41, 5.74) is 2.62. The van der Waals surface area contributed by atoms with E-state index in [2.05, 4.69) is 4.98 Å². The number of ether oxygens (including phenoxy) is 1. The van der Waals surface area contributed by atoms with Crippen LogP contribution in [0.1, 0.15) is 35.7 Å². The second-order valence-electron chi connectivity index (χ2n) is 4.24. The first-order valence-corrected chi connectivity index (χ1v) is 6.39. The van der Waals surface area contributed by atoms with Crippen LogP contribution in [0.15, 0.2) is 28.7 Å². The highest BCUT2D eigenvalue weighted by atomic mass is 16.5. The number of aryl methyl sites for hydroxylation is 2. The van der Waals surface area contributed by atoms with Crippen LogP contribution >= 0.6 is 0 Å². The summed E-state index contributed by atoms with van der Waals surface area (Å²) in [5.74, 6) is 0.218. The van der Waals surface area contributed by atoms with E-state index in [0.29, 0.717) is 24.6 Å². The van der Waals surface area contributed by atoms with Gasteiger partial charge in [-0.15, -0.1) is 0 Å². The molecule has 0 aliphatic carbocycles. The van der Waals surface area contributed by atoms with E-state index < -0.39 is 5.97 Å². The SMILES string of the molecule is CCOC(=O)c1oc(-c2cccc(C)c2)nc1CC. The molecular formula is C15H17NO3. The lowest BCUT2D eigenvalue weighted by Gasteiger charge is -1.98. The summed E-state index contributed by atoms with van der Waals surface area (Å²) in [6.07, 6.45) is 0.628. The van der Waals surface area contributed by atoms with Crippen LogP contribution in [0.5, 0.6) is 0 Å². The topological polar surface area (TPSA) is 52.3 Å². The number of nitrogens with zero attached hydrogens (tertiary/aromatic N) is 1. The van der Waals surface area contributed by atoms with Crippen LogP contribution in [0, 0.1) is 6.92 Å². The Balaban J connectivity index is 2.41. The molecule has 19 heavy (non-hydrogen) atoms. The van der Waals surface area contributed by atoms with Crippen molar-refractivity contribution in [1.82, 2.24) is 4.98 Å². The molecule has 0 atom stereocenters. The van der Waals surface area contributed by atoms with Gasteiger partial charge in [0.1, 0.15) is 0 Å². The van der Waals surface area contributed by atoms with Crippen molar-refractivity contribution in [2.75, 3.05) is 6.61 Å². The van der Waals surface area contributed by atoms with Crippen molar-refractivity contribution in [3.05, 3.63) is 41.3 Å². The van der Waals surface area contributed by atoms with Gasteiger partial charge in [-0.25, -0.2) is 9.78 Å². The minimum Gasteiger partial charge on any atom is -0.460 e. The van der Waals surface area contributed by atoms with Gasteiger partial charge in [0.05, 0.1) is 12.3 Å². The molecule has 0 saturated heterocycles. The van der Waals surface area contributed by atoms with Gasteiger partial charge in [-0.3, -0.25) is 0 Å². The Labute approximate surface area is 112 Å². The van der Waals surface area contributed by atoms with Crippen LogP contribution in [0.25, 0.3) is 11.5 Å². The molecule has 0 unspecified atom stereocenters. The summed E-state index contributed by atoms with van der Waals surface area (Å²) >= 11 is 0. The summed E-state index contributed by atoms with van der Waals surface area (Å²) in [7, 11) is 0. The molecule has 0 spiro atoms. The molecule has 0 bridgehead atoms. The maximum absolute atomic E-state index is 11.8. The van der Waals surface area contributed by atoms with Crippen LogP contribution < -0.4 is 0 Å². The molecule has 0 N–H and O–H groups in total. The molecule has 100 valence electrons. The number of carbonyl (C=O) groups is 1. The molecule has 0 radical (unpaired) electrons. The highest BCUT2D eigenvalue weighted by molar-refractivity contribution is 5.88. The number of carbonyl (C=O) groups excluding carboxylic acids is 1. The maximum Gasteiger partial charge on any atom is 0.376 e. The van der Waals surface area contributed by atoms with Gasteiger partial charge in [0.15, 0.2) is 0 Å². The maximum atomic E-state index is 11.8. The Kier molecular flexibility index (Phi) is 4.00. The third-order valence-electron chi connectivity index (χ3n) is 2.76. The van der Waals surface area contributed by atoms with E-state index in [0.717, 1.165) is 11.1 Å². The lowest BCUT2D eigenvalue weighted by atomic mass is 10.1. The van der Waals surface area contributed by atoms with Gasteiger partial charge in [0.2, 0.25) is 11.7 Å². The van der Waals surface area contributed by atoms with Crippen molar-refractivity contribution in [1.29, 1.82) is 0 Å². The molecule has 2 rings (SSSR count). The lowest BCUT2D eigenvalue weighted by Crippen LogP contribution is -2.05. The molecule has 2 aromatic rings. The Morgan fingerprint density at radius 2 is 2.16 bits per heavy atom. The largest absolute Gasteiger partial charge is 0.460 e. The zero-order valence-corrected chi connectivity index (χ0v) is 11.4. The first kappa shape index (κ1) is 13.3. The van der Waals surface area contributed by atoms with Crippen molar-refractivity contribution in [2.45, 2.75) is 27.2 Å². The molecule has 0 amide bonds. The van der Waals surface area contributed by atoms with Gasteiger partial charge >= 0.3 is 5.97 Å². The van der Waals surface area contributed by atoms with Crippen LogP contribution in [-0.4, -0.2) is 17.6 Å². The predicted octanol–water partition coefficient (Wildman–Crippen LogP) is 3.39. The van der Waals surface area contributed by atoms with Crippen molar-refractivity contribution in [3.8, 4) is 11.5 Å². The van der Waals surface area contributed by atoms with E-state index in [1.807, 2.05) is 38.1 Å². The third kappa shape index (κ3) is 2.84. The molecule has 4 heteroatoms. The fraction of sp³-hybridized carbons (Fsp3) is 0.333. The van der Waals surface area contributed by atoms with E-state index in [1.165, 1.54) is 0 Å². The first-order chi connectivity index (χ1) is 9.15. The standard InChI is InChI=1S/C15H17NO3/c1-4-12-13(15(17)18-5-2)19-14(16-12)11-8-6-7-10(3)9-11/h6-9H,4-5H2,1-3H3. The van der Waals surface area contributed by atoms with Gasteiger partial charge in [-0.1, -0.05) is 24.6 Å². The lowest BCUT2D eigenvalue weighted by molar-refractivity contribution is 0.0489. The number of aromatic nitrogens is 1. The monoisotopic (exact) mass is 259 g/mol. The highest BCUT2D eigenvalue weighted by Crippen LogP contribution is 2.23. The van der Waals surface area contributed by atoms with Crippen molar-refractivity contribution >= 4 is 5.97 Å². The molecule has 4 nitrogen and oxygen atoms in total. The van der Waals surface area contributed by atoms with E-state index >= 15 is 0 Å². The molecule has 1 aromatic carbocycles. The van der Waals surface area contributed by atoms with Crippen LogP contribution in [0.2, 0.25) is 0 Å². The van der Waals surface area contributed by atoms with Gasteiger partial charge in [0.25, 0.3) is 0 Å². The minimum atomic E-state index is -0.453. The number of hydrogen-bond donors (Lipinski definition) is 0. The van der Waals surface area contributed by atoms with Gasteiger partial charge in [0, 0.05) is 5.56 Å². The predicted molar refractivity (Wildman–Crippen MR) is 72.0 cm³/mol. The van der Waals surface area contributed by atoms with E-state index in [1.54, 1.807) is 6.92 Å². The quantitative estimate of drug-likeness (QED) is 0.790. The number of rotatable bonds is 4. The zero-order valence-electron chi connectivity index (χ0n) is 11.4. The van der Waals surface area contributed by atoms with Gasteiger partial charge in [-0.05, 0) is 32.4 Å². The van der Waals surface area contributed by atoms with Gasteiger partial charge < -0.3 is 9.15 Å². The molecule has 0 saturated carbocycles. The smallest absolute Gasteiger partial charge is 0.376 e. The van der Waals surface area contributed by atoms with Gasteiger partial charge in [-0.2, -0.15) is 0 Å². The summed E-state index contributed by atoms with van der Waals surface area (Å²) in [4.78, 5) is 16.2. The molecule has 1 aromatic heterocycles.